The second kappa shape index (κ2) is 3.62. The van der Waals surface area contributed by atoms with Crippen molar-refractivity contribution in [1.29, 1.82) is 0 Å². The van der Waals surface area contributed by atoms with Gasteiger partial charge in [0.2, 0.25) is 0 Å². The third-order valence-corrected chi connectivity index (χ3v) is 3.43. The lowest BCUT2D eigenvalue weighted by atomic mass is 10.1. The van der Waals surface area contributed by atoms with Crippen molar-refractivity contribution in [3.63, 3.8) is 0 Å². The fourth-order valence-electron chi connectivity index (χ4n) is 0.811. The Kier molecular flexibility index (Phi) is 2.95. The second-order valence-corrected chi connectivity index (χ2v) is 3.82. The van der Waals surface area contributed by atoms with Gasteiger partial charge in [-0.1, -0.05) is 17.7 Å². The second-order valence-electron chi connectivity index (χ2n) is 2.36. The number of carboxylic acid groups (broad SMARTS) is 1. The van der Waals surface area contributed by atoms with E-state index < -0.39 is 5.97 Å². The summed E-state index contributed by atoms with van der Waals surface area (Å²) in [5.74, 6) is -0.943. The van der Waals surface area contributed by atoms with Gasteiger partial charge < -0.3 is 5.11 Å². The number of rotatable bonds is 1. The van der Waals surface area contributed by atoms with Crippen LogP contribution in [0.15, 0.2) is 12.1 Å². The minimum atomic E-state index is -0.943. The molecule has 4 heteroatoms. The lowest BCUT2D eigenvalue weighted by Crippen LogP contribution is -2.00. The van der Waals surface area contributed by atoms with Crippen molar-refractivity contribution >= 4 is 40.2 Å². The lowest BCUT2D eigenvalue weighted by Gasteiger charge is -2.03. The van der Waals surface area contributed by atoms with Crippen LogP contribution in [0.2, 0.25) is 5.02 Å². The topological polar surface area (TPSA) is 37.3 Å². The molecule has 0 aliphatic heterocycles. The Balaban J connectivity index is 3.36. The van der Waals surface area contributed by atoms with Gasteiger partial charge in [0.25, 0.3) is 0 Å². The van der Waals surface area contributed by atoms with Crippen LogP contribution in [0.4, 0.5) is 0 Å². The van der Waals surface area contributed by atoms with Gasteiger partial charge in [-0.05, 0) is 41.1 Å². The molecule has 0 fully saturated rings. The van der Waals surface area contributed by atoms with E-state index in [1.165, 1.54) is 0 Å². The minimum Gasteiger partial charge on any atom is -0.478 e. The number of carbonyl (C=O) groups is 1. The first-order valence-corrected chi connectivity index (χ1v) is 4.67. The van der Waals surface area contributed by atoms with Gasteiger partial charge in [-0.3, -0.25) is 0 Å². The Labute approximate surface area is 88.7 Å². The van der Waals surface area contributed by atoms with Crippen LogP contribution in [0.3, 0.4) is 0 Å². The van der Waals surface area contributed by atoms with Crippen LogP contribution in [-0.4, -0.2) is 11.1 Å². The number of halogens is 2. The molecule has 0 bridgehead atoms. The molecule has 0 aliphatic carbocycles. The zero-order valence-corrected chi connectivity index (χ0v) is 9.18. The Morgan fingerprint density at radius 3 is 2.67 bits per heavy atom. The van der Waals surface area contributed by atoms with E-state index in [1.54, 1.807) is 12.1 Å². The maximum atomic E-state index is 10.6. The summed E-state index contributed by atoms with van der Waals surface area (Å²) in [6.45, 7) is 1.84. The van der Waals surface area contributed by atoms with Gasteiger partial charge in [-0.2, -0.15) is 0 Å². The summed E-state index contributed by atoms with van der Waals surface area (Å²) in [7, 11) is 0. The van der Waals surface area contributed by atoms with E-state index in [1.807, 2.05) is 29.5 Å². The predicted octanol–water partition coefficient (Wildman–Crippen LogP) is 2.95. The highest BCUT2D eigenvalue weighted by atomic mass is 127. The summed E-state index contributed by atoms with van der Waals surface area (Å²) in [5.41, 5.74) is 1.15. The molecule has 0 aliphatic rings. The van der Waals surface area contributed by atoms with Crippen molar-refractivity contribution in [3.05, 3.63) is 31.9 Å². The van der Waals surface area contributed by atoms with Crippen LogP contribution in [0.1, 0.15) is 15.9 Å². The Hall–Kier alpha value is -0.290. The monoisotopic (exact) mass is 296 g/mol. The molecule has 64 valence electrons. The first kappa shape index (κ1) is 9.80. The van der Waals surface area contributed by atoms with Gasteiger partial charge in [0.05, 0.1) is 10.6 Å². The fourth-order valence-corrected chi connectivity index (χ4v) is 1.81. The normalized spacial score (nSPS) is 9.92. The van der Waals surface area contributed by atoms with Crippen LogP contribution in [0.5, 0.6) is 0 Å². The summed E-state index contributed by atoms with van der Waals surface area (Å²) >= 11 is 7.79. The average Bonchev–Trinajstić information content (AvgIpc) is 2.00. The summed E-state index contributed by atoms with van der Waals surface area (Å²) in [6.07, 6.45) is 0. The highest BCUT2D eigenvalue weighted by Gasteiger charge is 2.11. The van der Waals surface area contributed by atoms with E-state index in [2.05, 4.69) is 0 Å². The molecule has 1 rings (SSSR count). The van der Waals surface area contributed by atoms with Crippen molar-refractivity contribution in [2.75, 3.05) is 0 Å². The third kappa shape index (κ3) is 1.72. The molecule has 1 N–H and O–H groups in total. The van der Waals surface area contributed by atoms with Gasteiger partial charge in [0.1, 0.15) is 0 Å². The number of aryl methyl sites for hydroxylation is 1. The van der Waals surface area contributed by atoms with Gasteiger partial charge >= 0.3 is 5.97 Å². The Morgan fingerprint density at radius 2 is 2.17 bits per heavy atom. The molecule has 0 unspecified atom stereocenters. The molecular formula is C8H6ClIO2. The molecule has 0 radical (unpaired) electrons. The average molecular weight is 296 g/mol. The number of hydrogen-bond donors (Lipinski definition) is 1. The van der Waals surface area contributed by atoms with Crippen molar-refractivity contribution in [1.82, 2.24) is 0 Å². The summed E-state index contributed by atoms with van der Waals surface area (Å²) in [4.78, 5) is 10.6. The summed E-state index contributed by atoms with van der Waals surface area (Å²) in [5, 5.41) is 9.24. The molecule has 0 saturated heterocycles. The number of aromatic carboxylic acids is 1. The van der Waals surface area contributed by atoms with Gasteiger partial charge in [0, 0.05) is 3.57 Å². The summed E-state index contributed by atoms with van der Waals surface area (Å²) in [6, 6.07) is 3.26. The number of hydrogen-bond acceptors (Lipinski definition) is 1. The maximum absolute atomic E-state index is 10.6. The van der Waals surface area contributed by atoms with E-state index in [0.29, 0.717) is 8.59 Å². The maximum Gasteiger partial charge on any atom is 0.336 e. The smallest absolute Gasteiger partial charge is 0.336 e. The quantitative estimate of drug-likeness (QED) is 0.809. The van der Waals surface area contributed by atoms with Crippen LogP contribution in [0, 0.1) is 10.5 Å². The Bertz CT molecular complexity index is 336. The van der Waals surface area contributed by atoms with Crippen molar-refractivity contribution < 1.29 is 9.90 Å². The van der Waals surface area contributed by atoms with Crippen molar-refractivity contribution in [3.8, 4) is 0 Å². The molecule has 0 heterocycles. The lowest BCUT2D eigenvalue weighted by molar-refractivity contribution is 0.0696. The molecule has 0 amide bonds. The number of carboxylic acids is 1. The van der Waals surface area contributed by atoms with E-state index >= 15 is 0 Å². The van der Waals surface area contributed by atoms with Crippen molar-refractivity contribution in [2.24, 2.45) is 0 Å². The van der Waals surface area contributed by atoms with Crippen LogP contribution < -0.4 is 0 Å². The number of benzene rings is 1. The third-order valence-electron chi connectivity index (χ3n) is 1.51. The predicted molar refractivity (Wildman–Crippen MR) is 55.9 cm³/mol. The van der Waals surface area contributed by atoms with Gasteiger partial charge in [-0.25, -0.2) is 4.79 Å². The SMILES string of the molecule is Cc1ccc(C(=O)O)c(I)c1Cl. The van der Waals surface area contributed by atoms with Gasteiger partial charge in [0.15, 0.2) is 0 Å². The molecule has 0 saturated carbocycles. The largest absolute Gasteiger partial charge is 0.478 e. The highest BCUT2D eigenvalue weighted by molar-refractivity contribution is 14.1. The van der Waals surface area contributed by atoms with Crippen LogP contribution >= 0.6 is 34.2 Å². The zero-order valence-electron chi connectivity index (χ0n) is 6.27. The van der Waals surface area contributed by atoms with Crippen molar-refractivity contribution in [2.45, 2.75) is 6.92 Å². The zero-order chi connectivity index (χ0) is 9.30. The molecule has 2 nitrogen and oxygen atoms in total. The van der Waals surface area contributed by atoms with E-state index in [9.17, 15) is 4.79 Å². The first-order chi connectivity index (χ1) is 5.54. The van der Waals surface area contributed by atoms with Gasteiger partial charge in [-0.15, -0.1) is 0 Å². The fraction of sp³-hybridized carbons (Fsp3) is 0.125. The highest BCUT2D eigenvalue weighted by Crippen LogP contribution is 2.25. The molecule has 1 aromatic rings. The van der Waals surface area contributed by atoms with Crippen LogP contribution in [0.25, 0.3) is 0 Å². The van der Waals surface area contributed by atoms with E-state index in [0.717, 1.165) is 5.56 Å². The van der Waals surface area contributed by atoms with E-state index in [-0.39, 0.29) is 5.56 Å². The summed E-state index contributed by atoms with van der Waals surface area (Å²) < 4.78 is 0.599. The molecule has 12 heavy (non-hydrogen) atoms. The molecule has 0 aromatic heterocycles. The molecule has 0 atom stereocenters. The molecular weight excluding hydrogens is 290 g/mol. The van der Waals surface area contributed by atoms with E-state index in [4.69, 9.17) is 16.7 Å². The minimum absolute atomic E-state index is 0.256. The first-order valence-electron chi connectivity index (χ1n) is 3.22. The molecule has 1 aromatic carbocycles. The standard InChI is InChI=1S/C8H6ClIO2/c1-4-2-3-5(8(11)12)7(10)6(4)9/h2-3H,1H3,(H,11,12). The van der Waals surface area contributed by atoms with Crippen LogP contribution in [-0.2, 0) is 0 Å². The Morgan fingerprint density at radius 1 is 1.58 bits per heavy atom. The molecule has 0 spiro atoms.